The van der Waals surface area contributed by atoms with Gasteiger partial charge in [-0.3, -0.25) is 4.79 Å². The van der Waals surface area contributed by atoms with Crippen molar-refractivity contribution in [2.75, 3.05) is 20.2 Å². The average molecular weight is 379 g/mol. The van der Waals surface area contributed by atoms with E-state index in [1.165, 1.54) is 0 Å². The van der Waals surface area contributed by atoms with Gasteiger partial charge in [0.1, 0.15) is 11.3 Å². The molecule has 1 atom stereocenters. The van der Waals surface area contributed by atoms with Crippen LogP contribution in [-0.2, 0) is 0 Å². The van der Waals surface area contributed by atoms with Crippen molar-refractivity contribution in [3.8, 4) is 5.75 Å². The molecule has 4 rings (SSSR count). The van der Waals surface area contributed by atoms with E-state index >= 15 is 0 Å². The maximum Gasteiger partial charge on any atom is 0.289 e. The number of hydrogen-bond acceptors (Lipinski definition) is 4. The predicted molar refractivity (Wildman–Crippen MR) is 108 cm³/mol. The lowest BCUT2D eigenvalue weighted by atomic mass is 9.87. The van der Waals surface area contributed by atoms with E-state index in [0.717, 1.165) is 35.1 Å². The van der Waals surface area contributed by atoms with Crippen molar-refractivity contribution in [1.29, 1.82) is 0 Å². The first-order chi connectivity index (χ1) is 13.6. The number of likely N-dealkylation sites (tertiary alicyclic amines) is 1. The molecule has 1 aliphatic rings. The third-order valence-corrected chi connectivity index (χ3v) is 5.75. The topological polar surface area (TPSA) is 62.9 Å². The summed E-state index contributed by atoms with van der Waals surface area (Å²) in [6.45, 7) is 3.14. The van der Waals surface area contributed by atoms with Crippen molar-refractivity contribution in [2.24, 2.45) is 5.92 Å². The molecule has 1 aliphatic heterocycles. The lowest BCUT2D eigenvalue weighted by molar-refractivity contribution is 0.0443. The van der Waals surface area contributed by atoms with Gasteiger partial charge in [-0.25, -0.2) is 0 Å². The summed E-state index contributed by atoms with van der Waals surface area (Å²) in [4.78, 5) is 14.9. The number of aliphatic hydroxyl groups excluding tert-OH is 1. The van der Waals surface area contributed by atoms with Crippen LogP contribution >= 0.6 is 0 Å². The first-order valence-corrected chi connectivity index (χ1v) is 9.68. The van der Waals surface area contributed by atoms with E-state index in [1.54, 1.807) is 7.11 Å². The fraction of sp³-hybridized carbons (Fsp3) is 0.348. The average Bonchev–Trinajstić information content (AvgIpc) is 3.09. The monoisotopic (exact) mass is 379 g/mol. The molecule has 2 aromatic carbocycles. The fourth-order valence-corrected chi connectivity index (χ4v) is 4.02. The molecule has 1 fully saturated rings. The molecule has 0 bridgehead atoms. The molecule has 1 amide bonds. The second kappa shape index (κ2) is 7.68. The Balaban J connectivity index is 1.47. The summed E-state index contributed by atoms with van der Waals surface area (Å²) < 4.78 is 11.1. The lowest BCUT2D eigenvalue weighted by Gasteiger charge is -2.34. The quantitative estimate of drug-likeness (QED) is 0.733. The number of furan rings is 1. The van der Waals surface area contributed by atoms with Gasteiger partial charge in [-0.15, -0.1) is 0 Å². The molecule has 28 heavy (non-hydrogen) atoms. The first kappa shape index (κ1) is 18.6. The Kier molecular flexibility index (Phi) is 5.09. The minimum atomic E-state index is -0.487. The van der Waals surface area contributed by atoms with E-state index in [1.807, 2.05) is 60.4 Å². The molecule has 1 aromatic heterocycles. The van der Waals surface area contributed by atoms with Gasteiger partial charge < -0.3 is 19.2 Å². The number of hydrogen-bond donors (Lipinski definition) is 1. The molecular weight excluding hydrogens is 354 g/mol. The zero-order valence-electron chi connectivity index (χ0n) is 16.2. The molecule has 146 valence electrons. The summed E-state index contributed by atoms with van der Waals surface area (Å²) in [5, 5.41) is 11.5. The van der Waals surface area contributed by atoms with Crippen LogP contribution in [0.3, 0.4) is 0 Å². The number of rotatable bonds is 4. The third kappa shape index (κ3) is 3.38. The zero-order valence-corrected chi connectivity index (χ0v) is 16.2. The number of benzene rings is 2. The van der Waals surface area contributed by atoms with Gasteiger partial charge in [-0.1, -0.05) is 30.3 Å². The van der Waals surface area contributed by atoms with Crippen LogP contribution in [0.2, 0.25) is 0 Å². The normalized spacial score (nSPS) is 16.3. The maximum atomic E-state index is 13.0. The number of nitrogens with zero attached hydrogens (tertiary/aromatic N) is 1. The largest absolute Gasteiger partial charge is 0.497 e. The van der Waals surface area contributed by atoms with Crippen molar-refractivity contribution in [3.05, 3.63) is 65.4 Å². The number of amides is 1. The van der Waals surface area contributed by atoms with Crippen LogP contribution in [0.4, 0.5) is 0 Å². The molecular formula is C23H25NO4. The fourth-order valence-electron chi connectivity index (χ4n) is 4.02. The highest BCUT2D eigenvalue weighted by Gasteiger charge is 2.30. The molecule has 2 heterocycles. The molecule has 0 aliphatic carbocycles. The van der Waals surface area contributed by atoms with E-state index < -0.39 is 6.10 Å². The molecule has 0 saturated carbocycles. The van der Waals surface area contributed by atoms with Crippen LogP contribution in [0.5, 0.6) is 5.75 Å². The Morgan fingerprint density at radius 3 is 2.57 bits per heavy atom. The highest BCUT2D eigenvalue weighted by Crippen LogP contribution is 2.33. The Morgan fingerprint density at radius 2 is 1.89 bits per heavy atom. The van der Waals surface area contributed by atoms with E-state index in [2.05, 4.69) is 0 Å². The van der Waals surface area contributed by atoms with Crippen molar-refractivity contribution in [3.63, 3.8) is 0 Å². The highest BCUT2D eigenvalue weighted by molar-refractivity contribution is 5.99. The summed E-state index contributed by atoms with van der Waals surface area (Å²) in [6.07, 6.45) is 1.06. The van der Waals surface area contributed by atoms with Crippen LogP contribution in [-0.4, -0.2) is 36.1 Å². The molecule has 3 aromatic rings. The molecule has 1 N–H and O–H groups in total. The van der Waals surface area contributed by atoms with Crippen LogP contribution < -0.4 is 4.74 Å². The van der Waals surface area contributed by atoms with Crippen molar-refractivity contribution in [2.45, 2.75) is 25.9 Å². The summed E-state index contributed by atoms with van der Waals surface area (Å²) in [7, 11) is 1.62. The summed E-state index contributed by atoms with van der Waals surface area (Å²) in [5.41, 5.74) is 2.47. The Morgan fingerprint density at radius 1 is 1.18 bits per heavy atom. The van der Waals surface area contributed by atoms with Crippen LogP contribution in [0.25, 0.3) is 11.0 Å². The third-order valence-electron chi connectivity index (χ3n) is 5.75. The molecule has 5 heteroatoms. The number of carbonyl (C=O) groups is 1. The second-order valence-electron chi connectivity index (χ2n) is 7.40. The van der Waals surface area contributed by atoms with Crippen LogP contribution in [0.15, 0.2) is 52.9 Å². The van der Waals surface area contributed by atoms with E-state index in [4.69, 9.17) is 9.15 Å². The summed E-state index contributed by atoms with van der Waals surface area (Å²) >= 11 is 0. The minimum absolute atomic E-state index is 0.0830. The van der Waals surface area contributed by atoms with Gasteiger partial charge in [-0.05, 0) is 49.4 Å². The molecule has 5 nitrogen and oxygen atoms in total. The summed E-state index contributed by atoms with van der Waals surface area (Å²) in [6, 6.07) is 15.3. The SMILES string of the molecule is COc1ccc2oc(C(=O)N3CCC(C(O)c4ccccc4)CC3)c(C)c2c1. The molecule has 0 spiro atoms. The van der Waals surface area contributed by atoms with Gasteiger partial charge in [0.05, 0.1) is 13.2 Å². The summed E-state index contributed by atoms with van der Waals surface area (Å²) in [5.74, 6) is 1.21. The van der Waals surface area contributed by atoms with Crippen molar-refractivity contribution in [1.82, 2.24) is 4.90 Å². The number of aliphatic hydroxyl groups is 1. The molecule has 0 radical (unpaired) electrons. The van der Waals surface area contributed by atoms with Gasteiger partial charge in [0.2, 0.25) is 0 Å². The second-order valence-corrected chi connectivity index (χ2v) is 7.40. The maximum absolute atomic E-state index is 13.0. The van der Waals surface area contributed by atoms with Gasteiger partial charge in [-0.2, -0.15) is 0 Å². The van der Waals surface area contributed by atoms with E-state index in [-0.39, 0.29) is 11.8 Å². The van der Waals surface area contributed by atoms with Crippen LogP contribution in [0.1, 0.15) is 40.6 Å². The van der Waals surface area contributed by atoms with E-state index in [0.29, 0.717) is 24.4 Å². The van der Waals surface area contributed by atoms with Crippen molar-refractivity contribution < 1.29 is 19.1 Å². The van der Waals surface area contributed by atoms with Crippen LogP contribution in [0, 0.1) is 12.8 Å². The van der Waals surface area contributed by atoms with Gasteiger partial charge >= 0.3 is 0 Å². The Hall–Kier alpha value is -2.79. The van der Waals surface area contributed by atoms with Gasteiger partial charge in [0.15, 0.2) is 5.76 Å². The molecule has 1 saturated heterocycles. The minimum Gasteiger partial charge on any atom is -0.497 e. The highest BCUT2D eigenvalue weighted by atomic mass is 16.5. The van der Waals surface area contributed by atoms with Gasteiger partial charge in [0, 0.05) is 24.0 Å². The number of methoxy groups -OCH3 is 1. The Bertz CT molecular complexity index is 971. The smallest absolute Gasteiger partial charge is 0.289 e. The number of piperidine rings is 1. The zero-order chi connectivity index (χ0) is 19.7. The number of carbonyl (C=O) groups excluding carboxylic acids is 1. The number of aryl methyl sites for hydroxylation is 1. The van der Waals surface area contributed by atoms with E-state index in [9.17, 15) is 9.90 Å². The number of ether oxygens (including phenoxy) is 1. The predicted octanol–water partition coefficient (Wildman–Crippen LogP) is 4.34. The first-order valence-electron chi connectivity index (χ1n) is 9.68. The lowest BCUT2D eigenvalue weighted by Crippen LogP contribution is -2.39. The van der Waals surface area contributed by atoms with Gasteiger partial charge in [0.25, 0.3) is 5.91 Å². The molecule has 1 unspecified atom stereocenters. The Labute approximate surface area is 164 Å². The van der Waals surface area contributed by atoms with Crippen molar-refractivity contribution >= 4 is 16.9 Å². The standard InChI is InChI=1S/C23H25NO4/c1-15-19-14-18(27-2)8-9-20(19)28-22(15)23(26)24-12-10-17(11-13-24)21(25)16-6-4-3-5-7-16/h3-9,14,17,21,25H,10-13H2,1-2H3. The number of fused-ring (bicyclic) bond motifs is 1.